The summed E-state index contributed by atoms with van der Waals surface area (Å²) >= 11 is 7.22. The minimum Gasteiger partial charge on any atom is -0.489 e. The summed E-state index contributed by atoms with van der Waals surface area (Å²) in [6.45, 7) is 19.5. The van der Waals surface area contributed by atoms with Crippen LogP contribution in [-0.2, 0) is 5.41 Å². The van der Waals surface area contributed by atoms with Gasteiger partial charge >= 0.3 is 0 Å². The van der Waals surface area contributed by atoms with E-state index in [1.165, 1.54) is 33.4 Å². The Balaban J connectivity index is 1.43. The molecule has 8 rings (SSSR count). The van der Waals surface area contributed by atoms with Crippen LogP contribution in [0.1, 0.15) is 126 Å². The molecule has 4 nitrogen and oxygen atoms in total. The second kappa shape index (κ2) is 20.9. The van der Waals surface area contributed by atoms with Crippen LogP contribution < -0.4 is 18.9 Å². The first-order chi connectivity index (χ1) is 31.9. The van der Waals surface area contributed by atoms with E-state index in [0.29, 0.717) is 37.6 Å². The molecule has 0 aromatic heterocycles. The molecule has 6 aromatic rings. The smallest absolute Gasteiger partial charge is 0.161 e. The van der Waals surface area contributed by atoms with Crippen molar-refractivity contribution in [1.82, 2.24) is 0 Å². The second-order valence-electron chi connectivity index (χ2n) is 18.6. The number of halogens is 2. The van der Waals surface area contributed by atoms with Crippen molar-refractivity contribution >= 4 is 56.2 Å². The van der Waals surface area contributed by atoms with Crippen molar-refractivity contribution in [1.29, 1.82) is 0 Å². The van der Waals surface area contributed by atoms with E-state index in [2.05, 4.69) is 221 Å². The Bertz CT molecular complexity index is 2610. The molecule has 2 aliphatic rings. The van der Waals surface area contributed by atoms with Gasteiger partial charge in [0.05, 0.1) is 31.3 Å². The molecule has 0 saturated heterocycles. The lowest BCUT2D eigenvalue weighted by atomic mass is 9.70. The number of hydrogen-bond acceptors (Lipinski definition) is 4. The first-order valence-electron chi connectivity index (χ1n) is 24.0. The standard InChI is InChI=1S/C60H64Br2O4/c1-9-38(5)35-63-56-31-50-51-32-57(64-36-39(6)10-2)59(66-41(8)12-4)34-55(51)60(54(50)33-58(56)65-37-40(7)11-3)52-29-44(15-13-42-17-23-46(61)24-18-42)21-27-48(52)49-28-22-45(30-53(49)60)16-14-43-19-25-47(62)26-20-43/h13-34,38-41H,9-12,35-37H2,1-8H3. The summed E-state index contributed by atoms with van der Waals surface area (Å²) in [5.74, 6) is 4.26. The zero-order valence-corrected chi connectivity index (χ0v) is 43.0. The fraction of sp³-hybridized carbons (Fsp3) is 0.333. The van der Waals surface area contributed by atoms with Gasteiger partial charge in [0.2, 0.25) is 0 Å². The van der Waals surface area contributed by atoms with Crippen molar-refractivity contribution < 1.29 is 18.9 Å². The van der Waals surface area contributed by atoms with Gasteiger partial charge in [-0.05, 0) is 159 Å². The van der Waals surface area contributed by atoms with Gasteiger partial charge in [0.1, 0.15) is 0 Å². The van der Waals surface area contributed by atoms with Crippen LogP contribution in [0.5, 0.6) is 23.0 Å². The lowest BCUT2D eigenvalue weighted by Crippen LogP contribution is -2.26. The molecule has 4 unspecified atom stereocenters. The molecule has 0 N–H and O–H groups in total. The van der Waals surface area contributed by atoms with Gasteiger partial charge < -0.3 is 18.9 Å². The number of benzene rings is 6. The van der Waals surface area contributed by atoms with Crippen LogP contribution in [0.2, 0.25) is 0 Å². The summed E-state index contributed by atoms with van der Waals surface area (Å²) < 4.78 is 29.5. The van der Waals surface area contributed by atoms with Crippen molar-refractivity contribution in [2.24, 2.45) is 17.8 Å². The van der Waals surface area contributed by atoms with Crippen LogP contribution in [0, 0.1) is 17.8 Å². The molecular weight excluding hydrogens is 944 g/mol. The van der Waals surface area contributed by atoms with Crippen molar-refractivity contribution in [2.75, 3.05) is 19.8 Å². The number of ether oxygens (including phenoxy) is 4. The van der Waals surface area contributed by atoms with Crippen molar-refractivity contribution in [2.45, 2.75) is 92.6 Å². The molecule has 2 aliphatic carbocycles. The highest BCUT2D eigenvalue weighted by Gasteiger charge is 2.53. The van der Waals surface area contributed by atoms with Gasteiger partial charge in [-0.1, -0.05) is 172 Å². The van der Waals surface area contributed by atoms with Crippen molar-refractivity contribution in [3.8, 4) is 45.3 Å². The van der Waals surface area contributed by atoms with E-state index >= 15 is 0 Å². The van der Waals surface area contributed by atoms with Crippen LogP contribution >= 0.6 is 31.9 Å². The monoisotopic (exact) mass is 1010 g/mol. The Morgan fingerprint density at radius 2 is 0.758 bits per heavy atom. The highest BCUT2D eigenvalue weighted by Crippen LogP contribution is 2.65. The maximum atomic E-state index is 6.90. The van der Waals surface area contributed by atoms with Gasteiger partial charge in [-0.2, -0.15) is 0 Å². The van der Waals surface area contributed by atoms with Gasteiger partial charge in [0.25, 0.3) is 0 Å². The molecule has 6 heteroatoms. The lowest BCUT2D eigenvalue weighted by Gasteiger charge is -2.32. The summed E-state index contributed by atoms with van der Waals surface area (Å²) in [7, 11) is 0. The molecule has 0 saturated carbocycles. The predicted octanol–water partition coefficient (Wildman–Crippen LogP) is 17.3. The van der Waals surface area contributed by atoms with E-state index in [1.807, 2.05) is 0 Å². The maximum Gasteiger partial charge on any atom is 0.161 e. The summed E-state index contributed by atoms with van der Waals surface area (Å²) in [5.41, 5.74) is 13.3. The van der Waals surface area contributed by atoms with Crippen LogP contribution in [0.25, 0.3) is 46.6 Å². The highest BCUT2D eigenvalue weighted by molar-refractivity contribution is 9.10. The summed E-state index contributed by atoms with van der Waals surface area (Å²) in [4.78, 5) is 0. The van der Waals surface area contributed by atoms with E-state index < -0.39 is 5.41 Å². The molecule has 0 amide bonds. The molecule has 6 aromatic carbocycles. The van der Waals surface area contributed by atoms with E-state index in [0.717, 1.165) is 91.0 Å². The van der Waals surface area contributed by atoms with E-state index in [-0.39, 0.29) is 6.10 Å². The van der Waals surface area contributed by atoms with Crippen molar-refractivity contribution in [3.63, 3.8) is 0 Å². The number of hydrogen-bond donors (Lipinski definition) is 0. The number of rotatable bonds is 19. The summed E-state index contributed by atoms with van der Waals surface area (Å²) in [6.07, 6.45) is 12.8. The fourth-order valence-electron chi connectivity index (χ4n) is 8.79. The normalized spacial score (nSPS) is 16.5. The minimum absolute atomic E-state index is 0.0105. The topological polar surface area (TPSA) is 36.9 Å². The fourth-order valence-corrected chi connectivity index (χ4v) is 9.32. The van der Waals surface area contributed by atoms with Gasteiger partial charge in [0.15, 0.2) is 23.0 Å². The molecule has 0 heterocycles. The van der Waals surface area contributed by atoms with Crippen LogP contribution in [0.4, 0.5) is 0 Å². The third-order valence-corrected chi connectivity index (χ3v) is 14.7. The first-order valence-corrected chi connectivity index (χ1v) is 25.6. The van der Waals surface area contributed by atoms with Crippen LogP contribution in [-0.4, -0.2) is 25.9 Å². The summed E-state index contributed by atoms with van der Waals surface area (Å²) in [6, 6.07) is 40.0. The third kappa shape index (κ3) is 9.83. The van der Waals surface area contributed by atoms with Gasteiger partial charge in [-0.3, -0.25) is 0 Å². The van der Waals surface area contributed by atoms with E-state index in [9.17, 15) is 0 Å². The average molecular weight is 1010 g/mol. The Morgan fingerprint density at radius 3 is 1.17 bits per heavy atom. The molecule has 4 atom stereocenters. The molecule has 0 aliphatic heterocycles. The largest absolute Gasteiger partial charge is 0.489 e. The van der Waals surface area contributed by atoms with Crippen LogP contribution in [0.3, 0.4) is 0 Å². The predicted molar refractivity (Wildman–Crippen MR) is 284 cm³/mol. The lowest BCUT2D eigenvalue weighted by molar-refractivity contribution is 0.192. The van der Waals surface area contributed by atoms with E-state index in [1.54, 1.807) is 0 Å². The molecule has 0 radical (unpaired) electrons. The molecule has 342 valence electrons. The molecule has 0 bridgehead atoms. The first kappa shape index (κ1) is 47.5. The Kier molecular flexibility index (Phi) is 15.0. The van der Waals surface area contributed by atoms with E-state index in [4.69, 9.17) is 18.9 Å². The molecule has 0 fully saturated rings. The maximum absolute atomic E-state index is 6.90. The average Bonchev–Trinajstić information content (AvgIpc) is 3.78. The zero-order chi connectivity index (χ0) is 46.5. The number of fused-ring (bicyclic) bond motifs is 10. The van der Waals surface area contributed by atoms with Crippen LogP contribution in [0.15, 0.2) is 118 Å². The van der Waals surface area contributed by atoms with Gasteiger partial charge in [0, 0.05) is 8.95 Å². The second-order valence-corrected chi connectivity index (χ2v) is 20.5. The molecule has 66 heavy (non-hydrogen) atoms. The SMILES string of the molecule is CCC(C)COc1cc2c(cc1OCC(C)CC)C1(c3cc(C=Cc4ccc(Br)cc4)ccc3-c3ccc(C=Cc4ccc(Br)cc4)cc31)c1cc(OC(C)CC)c(OCC(C)CC)cc1-2. The summed E-state index contributed by atoms with van der Waals surface area (Å²) in [5, 5.41) is 0. The highest BCUT2D eigenvalue weighted by atomic mass is 79.9. The Hall–Kier alpha value is -5.04. The zero-order valence-electron chi connectivity index (χ0n) is 39.8. The molecule has 1 spiro atoms. The van der Waals surface area contributed by atoms with Crippen molar-refractivity contribution in [3.05, 3.63) is 163 Å². The third-order valence-electron chi connectivity index (χ3n) is 13.7. The van der Waals surface area contributed by atoms with Gasteiger partial charge in [-0.15, -0.1) is 0 Å². The Labute approximate surface area is 410 Å². The molecular formula is C60H64Br2O4. The Morgan fingerprint density at radius 1 is 0.409 bits per heavy atom. The quantitative estimate of drug-likeness (QED) is 0.0757. The minimum atomic E-state index is -0.731. The van der Waals surface area contributed by atoms with Gasteiger partial charge in [-0.25, -0.2) is 0 Å².